The van der Waals surface area contributed by atoms with Crippen molar-refractivity contribution in [2.75, 3.05) is 0 Å². The highest BCUT2D eigenvalue weighted by Gasteiger charge is 2.12. The number of hydrogen-bond acceptors (Lipinski definition) is 1. The quantitative estimate of drug-likeness (QED) is 0.755. The molecular formula is C12H17NS. The van der Waals surface area contributed by atoms with E-state index in [2.05, 4.69) is 45.0 Å². The van der Waals surface area contributed by atoms with Gasteiger partial charge in [0.05, 0.1) is 4.99 Å². The van der Waals surface area contributed by atoms with Crippen LogP contribution in [0.2, 0.25) is 0 Å². The van der Waals surface area contributed by atoms with Gasteiger partial charge in [-0.2, -0.15) is 0 Å². The van der Waals surface area contributed by atoms with E-state index in [0.29, 0.717) is 11.4 Å². The number of hydrogen-bond donors (Lipinski definition) is 1. The van der Waals surface area contributed by atoms with E-state index >= 15 is 0 Å². The molecule has 0 radical (unpaired) electrons. The van der Waals surface area contributed by atoms with Crippen molar-refractivity contribution in [2.45, 2.75) is 32.6 Å². The van der Waals surface area contributed by atoms with E-state index < -0.39 is 0 Å². The number of thiocarbonyl (C=S) groups is 1. The number of rotatable bonds is 2. The lowest BCUT2D eigenvalue weighted by atomic mass is 9.86. The Morgan fingerprint density at radius 1 is 1.21 bits per heavy atom. The molecule has 0 aliphatic heterocycles. The molecule has 0 aliphatic carbocycles. The summed E-state index contributed by atoms with van der Waals surface area (Å²) in [5, 5.41) is 0. The van der Waals surface area contributed by atoms with Crippen LogP contribution in [0.15, 0.2) is 24.3 Å². The highest BCUT2D eigenvalue weighted by Crippen LogP contribution is 2.22. The van der Waals surface area contributed by atoms with Gasteiger partial charge in [0.1, 0.15) is 0 Å². The lowest BCUT2D eigenvalue weighted by Crippen LogP contribution is -2.13. The van der Waals surface area contributed by atoms with Gasteiger partial charge in [-0.3, -0.25) is 0 Å². The Labute approximate surface area is 91.3 Å². The Bertz CT molecular complexity index is 319. The van der Waals surface area contributed by atoms with Gasteiger partial charge < -0.3 is 5.73 Å². The largest absolute Gasteiger partial charge is 0.393 e. The molecule has 0 bridgehead atoms. The summed E-state index contributed by atoms with van der Waals surface area (Å²) in [5.41, 5.74) is 8.21. The van der Waals surface area contributed by atoms with Crippen LogP contribution in [0.5, 0.6) is 0 Å². The zero-order valence-corrected chi connectivity index (χ0v) is 9.82. The van der Waals surface area contributed by atoms with Gasteiger partial charge in [0.2, 0.25) is 0 Å². The van der Waals surface area contributed by atoms with Crippen LogP contribution in [0.4, 0.5) is 0 Å². The van der Waals surface area contributed by atoms with Crippen molar-refractivity contribution in [2.24, 2.45) is 5.73 Å². The Kier molecular flexibility index (Phi) is 3.27. The van der Waals surface area contributed by atoms with Gasteiger partial charge in [0.25, 0.3) is 0 Å². The minimum absolute atomic E-state index is 0.210. The van der Waals surface area contributed by atoms with Gasteiger partial charge in [0, 0.05) is 6.42 Å². The number of nitrogens with two attached hydrogens (primary N) is 1. The topological polar surface area (TPSA) is 26.0 Å². The van der Waals surface area contributed by atoms with E-state index in [9.17, 15) is 0 Å². The van der Waals surface area contributed by atoms with Crippen molar-refractivity contribution in [1.82, 2.24) is 0 Å². The molecule has 1 nitrogen and oxygen atoms in total. The molecule has 0 fully saturated rings. The first-order valence-electron chi connectivity index (χ1n) is 4.77. The molecule has 0 saturated carbocycles. The van der Waals surface area contributed by atoms with E-state index in [1.54, 1.807) is 0 Å². The van der Waals surface area contributed by atoms with E-state index in [1.807, 2.05) is 0 Å². The van der Waals surface area contributed by atoms with Crippen molar-refractivity contribution in [3.8, 4) is 0 Å². The van der Waals surface area contributed by atoms with Crippen LogP contribution in [0.1, 0.15) is 31.9 Å². The Hall–Kier alpha value is -0.890. The third-order valence-electron chi connectivity index (χ3n) is 2.20. The molecule has 2 N–H and O–H groups in total. The standard InChI is InChI=1S/C12H17NS/c1-12(2,3)10-6-4-9(5-7-10)8-11(13)14/h4-7H,8H2,1-3H3,(H2,13,14). The fourth-order valence-corrected chi connectivity index (χ4v) is 1.49. The first-order chi connectivity index (χ1) is 6.39. The molecule has 0 saturated heterocycles. The second kappa shape index (κ2) is 4.09. The maximum atomic E-state index is 5.48. The van der Waals surface area contributed by atoms with Gasteiger partial charge in [-0.25, -0.2) is 0 Å². The molecule has 0 unspecified atom stereocenters. The molecule has 0 aromatic heterocycles. The smallest absolute Gasteiger partial charge is 0.0771 e. The van der Waals surface area contributed by atoms with Gasteiger partial charge in [-0.15, -0.1) is 0 Å². The maximum absolute atomic E-state index is 5.48. The highest BCUT2D eigenvalue weighted by molar-refractivity contribution is 7.80. The predicted octanol–water partition coefficient (Wildman–Crippen LogP) is 2.81. The van der Waals surface area contributed by atoms with Crippen LogP contribution in [-0.2, 0) is 11.8 Å². The molecule has 0 amide bonds. The summed E-state index contributed by atoms with van der Waals surface area (Å²) in [7, 11) is 0. The van der Waals surface area contributed by atoms with Gasteiger partial charge in [-0.1, -0.05) is 57.3 Å². The molecule has 76 valence electrons. The summed E-state index contributed by atoms with van der Waals surface area (Å²) in [5.74, 6) is 0. The minimum atomic E-state index is 0.210. The molecule has 0 atom stereocenters. The fourth-order valence-electron chi connectivity index (χ4n) is 1.32. The minimum Gasteiger partial charge on any atom is -0.393 e. The molecule has 0 spiro atoms. The Balaban J connectivity index is 2.84. The van der Waals surface area contributed by atoms with Gasteiger partial charge >= 0.3 is 0 Å². The summed E-state index contributed by atoms with van der Waals surface area (Å²) in [6.45, 7) is 6.61. The van der Waals surface area contributed by atoms with Crippen LogP contribution in [0, 0.1) is 0 Å². The Morgan fingerprint density at radius 3 is 2.07 bits per heavy atom. The van der Waals surface area contributed by atoms with Crippen molar-refractivity contribution in [1.29, 1.82) is 0 Å². The average molecular weight is 207 g/mol. The van der Waals surface area contributed by atoms with E-state index in [0.717, 1.165) is 0 Å². The fraction of sp³-hybridized carbons (Fsp3) is 0.417. The van der Waals surface area contributed by atoms with Gasteiger partial charge in [-0.05, 0) is 16.5 Å². The molecule has 2 heteroatoms. The second-order valence-corrected chi connectivity index (χ2v) is 5.11. The lowest BCUT2D eigenvalue weighted by Gasteiger charge is -2.19. The number of benzene rings is 1. The predicted molar refractivity (Wildman–Crippen MR) is 65.6 cm³/mol. The SMILES string of the molecule is CC(C)(C)c1ccc(CC(N)=S)cc1. The molecular weight excluding hydrogens is 190 g/mol. The van der Waals surface area contributed by atoms with Gasteiger partial charge in [0.15, 0.2) is 0 Å². The third-order valence-corrected chi connectivity index (χ3v) is 2.34. The van der Waals surface area contributed by atoms with E-state index in [4.69, 9.17) is 18.0 Å². The van der Waals surface area contributed by atoms with Crippen LogP contribution in [0.3, 0.4) is 0 Å². The zero-order chi connectivity index (χ0) is 10.8. The summed E-state index contributed by atoms with van der Waals surface area (Å²) in [4.78, 5) is 0.550. The molecule has 1 aromatic carbocycles. The van der Waals surface area contributed by atoms with Crippen LogP contribution in [0.25, 0.3) is 0 Å². The first kappa shape index (κ1) is 11.2. The molecule has 0 heterocycles. The lowest BCUT2D eigenvalue weighted by molar-refractivity contribution is 0.590. The molecule has 1 rings (SSSR count). The second-order valence-electron chi connectivity index (χ2n) is 4.59. The molecule has 14 heavy (non-hydrogen) atoms. The van der Waals surface area contributed by atoms with Crippen LogP contribution >= 0.6 is 12.2 Å². The van der Waals surface area contributed by atoms with Crippen LogP contribution < -0.4 is 5.73 Å². The Morgan fingerprint density at radius 2 is 1.71 bits per heavy atom. The summed E-state index contributed by atoms with van der Waals surface area (Å²) in [6.07, 6.45) is 0.694. The van der Waals surface area contributed by atoms with Crippen molar-refractivity contribution in [3.63, 3.8) is 0 Å². The van der Waals surface area contributed by atoms with E-state index in [1.165, 1.54) is 11.1 Å². The van der Waals surface area contributed by atoms with E-state index in [-0.39, 0.29) is 5.41 Å². The third kappa shape index (κ3) is 3.11. The first-order valence-corrected chi connectivity index (χ1v) is 5.18. The maximum Gasteiger partial charge on any atom is 0.0771 e. The molecule has 0 aliphatic rings. The average Bonchev–Trinajstić information content (AvgIpc) is 2.02. The monoisotopic (exact) mass is 207 g/mol. The van der Waals surface area contributed by atoms with Crippen molar-refractivity contribution >= 4 is 17.2 Å². The summed E-state index contributed by atoms with van der Waals surface area (Å²) < 4.78 is 0. The molecule has 1 aromatic rings. The normalized spacial score (nSPS) is 11.4. The van der Waals surface area contributed by atoms with Crippen molar-refractivity contribution < 1.29 is 0 Å². The zero-order valence-electron chi connectivity index (χ0n) is 9.00. The highest BCUT2D eigenvalue weighted by atomic mass is 32.1. The summed E-state index contributed by atoms with van der Waals surface area (Å²) >= 11 is 4.86. The summed E-state index contributed by atoms with van der Waals surface area (Å²) in [6, 6.07) is 8.49. The van der Waals surface area contributed by atoms with Crippen LogP contribution in [-0.4, -0.2) is 4.99 Å². The van der Waals surface area contributed by atoms with Crippen molar-refractivity contribution in [3.05, 3.63) is 35.4 Å².